The van der Waals surface area contributed by atoms with Crippen molar-refractivity contribution < 1.29 is 27.4 Å². The molecule has 3 rings (SSSR count). The van der Waals surface area contributed by atoms with Gasteiger partial charge in [0.15, 0.2) is 0 Å². The number of hydrogen-bond acceptors (Lipinski definition) is 3. The summed E-state index contributed by atoms with van der Waals surface area (Å²) >= 11 is 0. The molecular weight excluding hydrogens is 400 g/mol. The Morgan fingerprint density at radius 1 is 1.23 bits per heavy atom. The average molecular weight is 424 g/mol. The molecule has 0 amide bonds. The number of aliphatic hydroxyl groups is 1. The molecule has 2 N–H and O–H groups in total. The molecule has 3 aromatic rings. The molecule has 0 aliphatic heterocycles. The number of aromatic nitrogens is 2. The standard InChI is InChI=1S/C22H24F4N2O2/c1-13-9-27-10-18-16(13)7-15(28-18)8-22(29,20(25)26)11-21(2,12-23)17-6-14(24)4-5-19(17)30-3/h4-7,9-10,20,28-29H,8,11-12H2,1-3H3. The molecule has 0 bridgehead atoms. The summed E-state index contributed by atoms with van der Waals surface area (Å²) in [4.78, 5) is 7.04. The Kier molecular flexibility index (Phi) is 6.08. The maximum atomic E-state index is 14.2. The zero-order valence-corrected chi connectivity index (χ0v) is 17.0. The number of aryl methyl sites for hydroxylation is 1. The number of nitrogens with zero attached hydrogens (tertiary/aromatic N) is 1. The number of H-pyrrole nitrogens is 1. The van der Waals surface area contributed by atoms with Crippen LogP contribution in [0.2, 0.25) is 0 Å². The highest BCUT2D eigenvalue weighted by atomic mass is 19.3. The van der Waals surface area contributed by atoms with Gasteiger partial charge in [0.1, 0.15) is 17.2 Å². The summed E-state index contributed by atoms with van der Waals surface area (Å²) in [6, 6.07) is 5.19. The third kappa shape index (κ3) is 4.14. The highest BCUT2D eigenvalue weighted by Gasteiger charge is 2.46. The van der Waals surface area contributed by atoms with Crippen molar-refractivity contribution in [3.63, 3.8) is 0 Å². The fourth-order valence-corrected chi connectivity index (χ4v) is 3.93. The van der Waals surface area contributed by atoms with Crippen LogP contribution in [0.25, 0.3) is 10.9 Å². The second-order valence-electron chi connectivity index (χ2n) is 8.01. The third-order valence-corrected chi connectivity index (χ3v) is 5.51. The van der Waals surface area contributed by atoms with Gasteiger partial charge in [-0.2, -0.15) is 0 Å². The van der Waals surface area contributed by atoms with E-state index < -0.39 is 42.8 Å². The van der Waals surface area contributed by atoms with Crippen molar-refractivity contribution >= 4 is 10.9 Å². The van der Waals surface area contributed by atoms with Gasteiger partial charge in [0.25, 0.3) is 6.43 Å². The molecule has 0 saturated carbocycles. The first-order valence-electron chi connectivity index (χ1n) is 9.44. The largest absolute Gasteiger partial charge is 0.496 e. The number of nitrogens with one attached hydrogen (secondary N) is 1. The van der Waals surface area contributed by atoms with Crippen LogP contribution in [0.15, 0.2) is 36.7 Å². The van der Waals surface area contributed by atoms with Crippen LogP contribution in [-0.2, 0) is 11.8 Å². The predicted octanol–water partition coefficient (Wildman–Crippen LogP) is 4.88. The summed E-state index contributed by atoms with van der Waals surface area (Å²) in [6.45, 7) is 2.12. The highest BCUT2D eigenvalue weighted by Crippen LogP contribution is 2.42. The lowest BCUT2D eigenvalue weighted by molar-refractivity contribution is -0.113. The van der Waals surface area contributed by atoms with E-state index in [1.165, 1.54) is 20.1 Å². The third-order valence-electron chi connectivity index (χ3n) is 5.51. The molecular formula is C22H24F4N2O2. The van der Waals surface area contributed by atoms with Crippen molar-refractivity contribution in [1.82, 2.24) is 9.97 Å². The highest BCUT2D eigenvalue weighted by molar-refractivity contribution is 5.82. The molecule has 30 heavy (non-hydrogen) atoms. The van der Waals surface area contributed by atoms with Crippen LogP contribution in [0.4, 0.5) is 17.6 Å². The maximum Gasteiger partial charge on any atom is 0.267 e. The van der Waals surface area contributed by atoms with Crippen molar-refractivity contribution in [3.8, 4) is 5.75 Å². The molecule has 2 atom stereocenters. The van der Waals surface area contributed by atoms with Gasteiger partial charge >= 0.3 is 0 Å². The quantitative estimate of drug-likeness (QED) is 0.507. The van der Waals surface area contributed by atoms with E-state index >= 15 is 0 Å². The van der Waals surface area contributed by atoms with E-state index in [0.29, 0.717) is 11.2 Å². The molecule has 0 saturated heterocycles. The summed E-state index contributed by atoms with van der Waals surface area (Å²) in [6.07, 6.45) is -1.02. The zero-order valence-electron chi connectivity index (χ0n) is 17.0. The van der Waals surface area contributed by atoms with Gasteiger partial charge in [-0.1, -0.05) is 6.92 Å². The Bertz CT molecular complexity index is 1040. The van der Waals surface area contributed by atoms with E-state index in [4.69, 9.17) is 4.74 Å². The van der Waals surface area contributed by atoms with Crippen LogP contribution < -0.4 is 4.74 Å². The topological polar surface area (TPSA) is 58.1 Å². The summed E-state index contributed by atoms with van der Waals surface area (Å²) in [5, 5.41) is 11.7. The maximum absolute atomic E-state index is 14.2. The van der Waals surface area contributed by atoms with Crippen LogP contribution in [0.3, 0.4) is 0 Å². The van der Waals surface area contributed by atoms with E-state index in [9.17, 15) is 22.7 Å². The average Bonchev–Trinajstić information content (AvgIpc) is 3.11. The number of alkyl halides is 3. The lowest BCUT2D eigenvalue weighted by atomic mass is 9.73. The SMILES string of the molecule is COc1ccc(F)cc1C(C)(CF)CC(O)(Cc1cc2c(C)cncc2[nH]1)C(F)F. The summed E-state index contributed by atoms with van der Waals surface area (Å²) in [5.74, 6) is -0.481. The normalized spacial score (nSPS) is 15.9. The monoisotopic (exact) mass is 424 g/mol. The minimum Gasteiger partial charge on any atom is -0.496 e. The number of hydrogen-bond donors (Lipinski definition) is 2. The van der Waals surface area contributed by atoms with Gasteiger partial charge < -0.3 is 14.8 Å². The number of pyridine rings is 1. The number of ether oxygens (including phenoxy) is 1. The van der Waals surface area contributed by atoms with E-state index in [2.05, 4.69) is 9.97 Å². The Balaban J connectivity index is 1.99. The van der Waals surface area contributed by atoms with E-state index in [1.807, 2.05) is 6.92 Å². The van der Waals surface area contributed by atoms with Crippen molar-refractivity contribution in [2.24, 2.45) is 0 Å². The predicted molar refractivity (Wildman–Crippen MR) is 106 cm³/mol. The number of halogens is 4. The number of benzene rings is 1. The first-order chi connectivity index (χ1) is 14.1. The van der Waals surface area contributed by atoms with Crippen LogP contribution >= 0.6 is 0 Å². The van der Waals surface area contributed by atoms with Crippen LogP contribution in [0, 0.1) is 12.7 Å². The fraction of sp³-hybridized carbons (Fsp3) is 0.409. The fourth-order valence-electron chi connectivity index (χ4n) is 3.93. The molecule has 162 valence electrons. The number of rotatable bonds is 8. The molecule has 2 unspecified atom stereocenters. The van der Waals surface area contributed by atoms with Gasteiger partial charge in [0.05, 0.1) is 25.5 Å². The molecule has 0 radical (unpaired) electrons. The van der Waals surface area contributed by atoms with Crippen molar-refractivity contribution in [2.75, 3.05) is 13.8 Å². The smallest absolute Gasteiger partial charge is 0.267 e. The van der Waals surface area contributed by atoms with Crippen LogP contribution in [-0.4, -0.2) is 40.9 Å². The van der Waals surface area contributed by atoms with Gasteiger partial charge in [-0.25, -0.2) is 13.2 Å². The van der Waals surface area contributed by atoms with E-state index in [-0.39, 0.29) is 11.3 Å². The molecule has 0 aliphatic rings. The number of methoxy groups -OCH3 is 1. The summed E-state index contributed by atoms with van der Waals surface area (Å²) < 4.78 is 61.3. The Morgan fingerprint density at radius 2 is 1.97 bits per heavy atom. The second kappa shape index (κ2) is 8.26. The molecule has 8 heteroatoms. The zero-order chi connectivity index (χ0) is 22.1. The van der Waals surface area contributed by atoms with Crippen LogP contribution in [0.1, 0.15) is 30.2 Å². The van der Waals surface area contributed by atoms with Crippen molar-refractivity contribution in [1.29, 1.82) is 0 Å². The number of aromatic amines is 1. The first kappa shape index (κ1) is 22.1. The van der Waals surface area contributed by atoms with E-state index in [1.54, 1.807) is 18.5 Å². The van der Waals surface area contributed by atoms with Gasteiger partial charge in [0.2, 0.25) is 0 Å². The van der Waals surface area contributed by atoms with Crippen LogP contribution in [0.5, 0.6) is 5.75 Å². The van der Waals surface area contributed by atoms with Crippen molar-refractivity contribution in [3.05, 3.63) is 59.3 Å². The second-order valence-corrected chi connectivity index (χ2v) is 8.01. The van der Waals surface area contributed by atoms with Crippen molar-refractivity contribution in [2.45, 2.75) is 44.1 Å². The van der Waals surface area contributed by atoms with Gasteiger partial charge in [0, 0.05) is 34.7 Å². The Morgan fingerprint density at radius 3 is 2.57 bits per heavy atom. The lowest BCUT2D eigenvalue weighted by Crippen LogP contribution is -2.46. The van der Waals surface area contributed by atoms with Gasteiger partial charge in [-0.05, 0) is 43.2 Å². The van der Waals surface area contributed by atoms with Gasteiger partial charge in [-0.15, -0.1) is 0 Å². The molecule has 2 heterocycles. The summed E-state index contributed by atoms with van der Waals surface area (Å²) in [7, 11) is 1.33. The Labute approximate surface area is 171 Å². The molecule has 0 fully saturated rings. The lowest BCUT2D eigenvalue weighted by Gasteiger charge is -2.37. The van der Waals surface area contributed by atoms with E-state index in [0.717, 1.165) is 23.1 Å². The molecule has 1 aromatic carbocycles. The first-order valence-corrected chi connectivity index (χ1v) is 9.44. The van der Waals surface area contributed by atoms with Gasteiger partial charge in [-0.3, -0.25) is 9.37 Å². The molecule has 0 spiro atoms. The minimum atomic E-state index is -3.16. The molecule has 0 aliphatic carbocycles. The summed E-state index contributed by atoms with van der Waals surface area (Å²) in [5.41, 5.74) is -2.18. The minimum absolute atomic E-state index is 0.0864. The molecule has 4 nitrogen and oxygen atoms in total. The Hall–Kier alpha value is -2.61. The number of fused-ring (bicyclic) bond motifs is 1. The molecule has 2 aromatic heterocycles.